The zero-order chi connectivity index (χ0) is 13.0. The van der Waals surface area contributed by atoms with Crippen LogP contribution in [0.1, 0.15) is 5.56 Å². The summed E-state index contributed by atoms with van der Waals surface area (Å²) >= 11 is 15.5. The van der Waals surface area contributed by atoms with Gasteiger partial charge in [-0.3, -0.25) is 0 Å². The van der Waals surface area contributed by atoms with Crippen molar-refractivity contribution in [3.63, 3.8) is 0 Å². The van der Waals surface area contributed by atoms with Crippen LogP contribution in [0.25, 0.3) is 0 Å². The largest absolute Gasteiger partial charge is 0.321 e. The third-order valence-electron chi connectivity index (χ3n) is 2.35. The lowest BCUT2D eigenvalue weighted by atomic mass is 10.2. The minimum absolute atomic E-state index is 0.576. The summed E-state index contributed by atoms with van der Waals surface area (Å²) in [6.45, 7) is 0.576. The first-order chi connectivity index (χ1) is 8.66. The Labute approximate surface area is 124 Å². The van der Waals surface area contributed by atoms with Crippen molar-refractivity contribution in [3.8, 4) is 0 Å². The van der Waals surface area contributed by atoms with E-state index in [0.717, 1.165) is 15.7 Å². The molecule has 2 rings (SSSR count). The van der Waals surface area contributed by atoms with E-state index in [0.29, 0.717) is 16.6 Å². The average molecular weight is 346 g/mol. The molecule has 0 aliphatic rings. The van der Waals surface area contributed by atoms with Gasteiger partial charge in [0, 0.05) is 21.7 Å². The Balaban J connectivity index is 1.99. The number of rotatable bonds is 4. The molecule has 5 heteroatoms. The summed E-state index contributed by atoms with van der Waals surface area (Å²) in [5.74, 6) is 0. The predicted octanol–water partition coefficient (Wildman–Crippen LogP) is 4.87. The van der Waals surface area contributed by atoms with Crippen LogP contribution in [0.15, 0.2) is 46.9 Å². The maximum atomic E-state index is 6.17. The first-order valence-corrected chi connectivity index (χ1v) is 6.89. The van der Waals surface area contributed by atoms with Gasteiger partial charge < -0.3 is 5.43 Å². The molecular formula is C13H11BrCl2N2. The summed E-state index contributed by atoms with van der Waals surface area (Å²) in [5, 5.41) is 1.32. The SMILES string of the molecule is Clc1cc(Br)c(Cl)c(CNNc2ccccc2)c1. The number of hydrogen-bond donors (Lipinski definition) is 2. The van der Waals surface area contributed by atoms with Crippen LogP contribution in [0.2, 0.25) is 10.0 Å². The number of nitrogens with one attached hydrogen (secondary N) is 2. The van der Waals surface area contributed by atoms with Crippen LogP contribution >= 0.6 is 39.1 Å². The molecule has 94 valence electrons. The van der Waals surface area contributed by atoms with E-state index in [2.05, 4.69) is 26.8 Å². The molecule has 0 aliphatic heterocycles. The van der Waals surface area contributed by atoms with Crippen LogP contribution in [-0.2, 0) is 6.54 Å². The third kappa shape index (κ3) is 3.62. The first-order valence-electron chi connectivity index (χ1n) is 5.34. The molecule has 2 aromatic rings. The Morgan fingerprint density at radius 3 is 2.50 bits per heavy atom. The van der Waals surface area contributed by atoms with Crippen molar-refractivity contribution < 1.29 is 0 Å². The quantitative estimate of drug-likeness (QED) is 0.610. The zero-order valence-electron chi connectivity index (χ0n) is 9.38. The van der Waals surface area contributed by atoms with Crippen LogP contribution in [0, 0.1) is 0 Å². The normalized spacial score (nSPS) is 10.4. The molecule has 0 saturated heterocycles. The van der Waals surface area contributed by atoms with Gasteiger partial charge in [-0.15, -0.1) is 0 Å². The lowest BCUT2D eigenvalue weighted by Crippen LogP contribution is -2.21. The second-order valence-electron chi connectivity index (χ2n) is 3.71. The molecule has 0 heterocycles. The van der Waals surface area contributed by atoms with Gasteiger partial charge in [-0.05, 0) is 45.8 Å². The van der Waals surface area contributed by atoms with Crippen molar-refractivity contribution in [2.24, 2.45) is 0 Å². The molecule has 0 aromatic heterocycles. The van der Waals surface area contributed by atoms with Crippen molar-refractivity contribution in [2.75, 3.05) is 5.43 Å². The topological polar surface area (TPSA) is 24.1 Å². The fourth-order valence-corrected chi connectivity index (χ4v) is 2.55. The van der Waals surface area contributed by atoms with Crippen molar-refractivity contribution in [3.05, 3.63) is 62.5 Å². The Kier molecular flexibility index (Phi) is 4.89. The highest BCUT2D eigenvalue weighted by Gasteiger charge is 2.06. The van der Waals surface area contributed by atoms with Crippen LogP contribution in [0.4, 0.5) is 5.69 Å². The van der Waals surface area contributed by atoms with Gasteiger partial charge in [-0.1, -0.05) is 41.4 Å². The molecule has 0 bridgehead atoms. The summed E-state index contributed by atoms with van der Waals surface area (Å²) in [6.07, 6.45) is 0. The standard InChI is InChI=1S/C13H11BrCl2N2/c14-12-7-10(15)6-9(13(12)16)8-17-18-11-4-2-1-3-5-11/h1-7,17-18H,8H2. The number of anilines is 1. The van der Waals surface area contributed by atoms with Crippen molar-refractivity contribution in [1.29, 1.82) is 0 Å². The molecular weight excluding hydrogens is 335 g/mol. The number of para-hydroxylation sites is 1. The maximum absolute atomic E-state index is 6.17. The second kappa shape index (κ2) is 6.43. The van der Waals surface area contributed by atoms with E-state index in [4.69, 9.17) is 23.2 Å². The average Bonchev–Trinajstić information content (AvgIpc) is 2.36. The van der Waals surface area contributed by atoms with E-state index in [1.807, 2.05) is 36.4 Å². The Hall–Kier alpha value is -0.740. The maximum Gasteiger partial charge on any atom is 0.0594 e. The summed E-state index contributed by atoms with van der Waals surface area (Å²) in [5.41, 5.74) is 8.12. The molecule has 2 N–H and O–H groups in total. The number of hydrogen-bond acceptors (Lipinski definition) is 2. The summed E-state index contributed by atoms with van der Waals surface area (Å²) in [6, 6.07) is 13.5. The minimum Gasteiger partial charge on any atom is -0.321 e. The third-order valence-corrected chi connectivity index (χ3v) is 3.87. The van der Waals surface area contributed by atoms with E-state index in [-0.39, 0.29) is 0 Å². The molecule has 2 aromatic carbocycles. The van der Waals surface area contributed by atoms with Crippen molar-refractivity contribution in [1.82, 2.24) is 5.43 Å². The summed E-state index contributed by atoms with van der Waals surface area (Å²) < 4.78 is 0.799. The molecule has 0 atom stereocenters. The zero-order valence-corrected chi connectivity index (χ0v) is 12.5. The van der Waals surface area contributed by atoms with Gasteiger partial charge in [-0.25, -0.2) is 5.43 Å². The van der Waals surface area contributed by atoms with Crippen LogP contribution in [0.3, 0.4) is 0 Å². The molecule has 0 fully saturated rings. The monoisotopic (exact) mass is 344 g/mol. The first kappa shape index (κ1) is 13.7. The highest BCUT2D eigenvalue weighted by atomic mass is 79.9. The number of benzene rings is 2. The van der Waals surface area contributed by atoms with Gasteiger partial charge in [0.25, 0.3) is 0 Å². The lowest BCUT2D eigenvalue weighted by molar-refractivity contribution is 0.801. The van der Waals surface area contributed by atoms with Gasteiger partial charge in [0.1, 0.15) is 0 Å². The van der Waals surface area contributed by atoms with Gasteiger partial charge in [0.2, 0.25) is 0 Å². The van der Waals surface area contributed by atoms with Gasteiger partial charge >= 0.3 is 0 Å². The smallest absolute Gasteiger partial charge is 0.0594 e. The molecule has 0 unspecified atom stereocenters. The van der Waals surface area contributed by atoms with Crippen LogP contribution in [0.5, 0.6) is 0 Å². The van der Waals surface area contributed by atoms with E-state index in [1.54, 1.807) is 6.07 Å². The van der Waals surface area contributed by atoms with E-state index in [9.17, 15) is 0 Å². The Bertz CT molecular complexity index is 532. The molecule has 0 saturated carbocycles. The fourth-order valence-electron chi connectivity index (χ4n) is 1.50. The highest BCUT2D eigenvalue weighted by molar-refractivity contribution is 9.10. The van der Waals surface area contributed by atoms with Gasteiger partial charge in [-0.2, -0.15) is 0 Å². The van der Waals surface area contributed by atoms with Gasteiger partial charge in [0.05, 0.1) is 5.02 Å². The highest BCUT2D eigenvalue weighted by Crippen LogP contribution is 2.29. The summed E-state index contributed by atoms with van der Waals surface area (Å²) in [4.78, 5) is 0. The Morgan fingerprint density at radius 1 is 1.06 bits per heavy atom. The molecule has 18 heavy (non-hydrogen) atoms. The molecule has 2 nitrogen and oxygen atoms in total. The Morgan fingerprint density at radius 2 is 1.78 bits per heavy atom. The number of hydrazine groups is 1. The van der Waals surface area contributed by atoms with E-state index >= 15 is 0 Å². The summed E-state index contributed by atoms with van der Waals surface area (Å²) in [7, 11) is 0. The molecule has 0 aliphatic carbocycles. The van der Waals surface area contributed by atoms with Gasteiger partial charge in [0.15, 0.2) is 0 Å². The number of halogens is 3. The lowest BCUT2D eigenvalue weighted by Gasteiger charge is -2.10. The molecule has 0 amide bonds. The minimum atomic E-state index is 0.576. The van der Waals surface area contributed by atoms with Crippen LogP contribution in [-0.4, -0.2) is 0 Å². The van der Waals surface area contributed by atoms with E-state index in [1.165, 1.54) is 0 Å². The van der Waals surface area contributed by atoms with Crippen molar-refractivity contribution in [2.45, 2.75) is 6.54 Å². The fraction of sp³-hybridized carbons (Fsp3) is 0.0769. The predicted molar refractivity (Wildman–Crippen MR) is 81.1 cm³/mol. The second-order valence-corrected chi connectivity index (χ2v) is 5.37. The molecule has 0 spiro atoms. The van der Waals surface area contributed by atoms with Crippen LogP contribution < -0.4 is 10.9 Å². The molecule has 0 radical (unpaired) electrons. The van der Waals surface area contributed by atoms with E-state index < -0.39 is 0 Å². The van der Waals surface area contributed by atoms with Crippen molar-refractivity contribution >= 4 is 44.8 Å².